The summed E-state index contributed by atoms with van der Waals surface area (Å²) in [5, 5.41) is 9.94. The van der Waals surface area contributed by atoms with Crippen molar-refractivity contribution < 1.29 is 8.83 Å². The van der Waals surface area contributed by atoms with Gasteiger partial charge in [0, 0.05) is 17.2 Å². The molecule has 0 radical (unpaired) electrons. The quantitative estimate of drug-likeness (QED) is 0.176. The minimum atomic E-state index is 0.941. The molecule has 0 aliphatic carbocycles. The molecule has 0 aliphatic heterocycles. The Bertz CT molecular complexity index is 1580. The van der Waals surface area contributed by atoms with E-state index in [4.69, 9.17) is 8.83 Å². The van der Waals surface area contributed by atoms with Crippen LogP contribution in [0.3, 0.4) is 0 Å². The fourth-order valence-electron chi connectivity index (χ4n) is 5.30. The van der Waals surface area contributed by atoms with Crippen molar-refractivity contribution in [3.63, 3.8) is 0 Å². The van der Waals surface area contributed by atoms with E-state index in [2.05, 4.69) is 61.5 Å². The van der Waals surface area contributed by atoms with Crippen molar-refractivity contribution in [3.05, 3.63) is 72.7 Å². The lowest BCUT2D eigenvalue weighted by molar-refractivity contribution is 0.520. The second-order valence-electron chi connectivity index (χ2n) is 9.45. The normalized spacial score (nSPS) is 12.2. The van der Waals surface area contributed by atoms with Crippen LogP contribution >= 0.6 is 0 Å². The van der Waals surface area contributed by atoms with Crippen LogP contribution in [-0.4, -0.2) is 0 Å². The minimum Gasteiger partial charge on any atom is -0.464 e. The van der Waals surface area contributed by atoms with Crippen molar-refractivity contribution in [3.8, 4) is 0 Å². The molecule has 0 saturated heterocycles. The van der Waals surface area contributed by atoms with E-state index in [0.717, 1.165) is 28.7 Å². The zero-order chi connectivity index (χ0) is 22.2. The number of aryl methyl sites for hydroxylation is 1. The Morgan fingerprint density at radius 3 is 1.97 bits per heavy atom. The van der Waals surface area contributed by atoms with Crippen molar-refractivity contribution in [2.75, 3.05) is 0 Å². The van der Waals surface area contributed by atoms with Crippen LogP contribution in [0.2, 0.25) is 0 Å². The smallest absolute Gasteiger partial charge is 0.134 e. The monoisotopic (exact) mass is 434 g/mol. The molecule has 33 heavy (non-hydrogen) atoms. The van der Waals surface area contributed by atoms with Crippen molar-refractivity contribution >= 4 is 54.3 Å². The van der Waals surface area contributed by atoms with Crippen LogP contribution in [0, 0.1) is 0 Å². The van der Waals surface area contributed by atoms with Gasteiger partial charge in [-0.25, -0.2) is 0 Å². The van der Waals surface area contributed by atoms with Gasteiger partial charge in [0.25, 0.3) is 0 Å². The topological polar surface area (TPSA) is 26.3 Å². The fourth-order valence-corrected chi connectivity index (χ4v) is 5.30. The molecule has 2 nitrogen and oxygen atoms in total. The van der Waals surface area contributed by atoms with Crippen LogP contribution in [0.5, 0.6) is 0 Å². The van der Waals surface area contributed by atoms with Crippen molar-refractivity contribution in [1.82, 2.24) is 0 Å². The lowest BCUT2D eigenvalue weighted by Gasteiger charge is -2.08. The first-order valence-electron chi connectivity index (χ1n) is 12.5. The maximum absolute atomic E-state index is 6.23. The third kappa shape index (κ3) is 3.78. The van der Waals surface area contributed by atoms with E-state index in [1.807, 2.05) is 6.07 Å². The Balaban J connectivity index is 1.33. The van der Waals surface area contributed by atoms with Crippen LogP contribution < -0.4 is 0 Å². The van der Waals surface area contributed by atoms with E-state index in [9.17, 15) is 0 Å². The molecular formula is C31H30O2. The molecule has 4 aromatic carbocycles. The number of benzene rings is 4. The van der Waals surface area contributed by atoms with E-state index in [-0.39, 0.29) is 0 Å². The molecule has 6 rings (SSSR count). The molecule has 0 bridgehead atoms. The maximum atomic E-state index is 6.23. The van der Waals surface area contributed by atoms with Gasteiger partial charge in [-0.2, -0.15) is 0 Å². The van der Waals surface area contributed by atoms with Crippen LogP contribution in [-0.2, 0) is 6.42 Å². The third-order valence-corrected chi connectivity index (χ3v) is 7.12. The third-order valence-electron chi connectivity index (χ3n) is 7.12. The van der Waals surface area contributed by atoms with Gasteiger partial charge < -0.3 is 8.83 Å². The van der Waals surface area contributed by atoms with Crippen molar-refractivity contribution in [1.29, 1.82) is 0 Å². The van der Waals surface area contributed by atoms with Gasteiger partial charge in [-0.05, 0) is 75.1 Å². The lowest BCUT2D eigenvalue weighted by Crippen LogP contribution is -1.83. The second-order valence-corrected chi connectivity index (χ2v) is 9.45. The Hall–Kier alpha value is -3.26. The predicted octanol–water partition coefficient (Wildman–Crippen LogP) is 9.93. The lowest BCUT2D eigenvalue weighted by atomic mass is 9.96. The van der Waals surface area contributed by atoms with Crippen LogP contribution in [0.15, 0.2) is 75.8 Å². The van der Waals surface area contributed by atoms with Crippen LogP contribution in [0.25, 0.3) is 54.3 Å². The summed E-state index contributed by atoms with van der Waals surface area (Å²) in [4.78, 5) is 0. The summed E-state index contributed by atoms with van der Waals surface area (Å²) in [6.07, 6.45) is 12.1. The van der Waals surface area contributed by atoms with E-state index < -0.39 is 0 Å². The van der Waals surface area contributed by atoms with E-state index in [1.54, 1.807) is 6.26 Å². The second kappa shape index (κ2) is 8.59. The minimum absolute atomic E-state index is 0.941. The SMILES string of the molecule is CCCCCCCCCc1cc2cc3c(ccc4c5cc6ccoc6cc5ccc34)cc2o1. The summed E-state index contributed by atoms with van der Waals surface area (Å²) in [5.41, 5.74) is 1.94. The van der Waals surface area contributed by atoms with Crippen LogP contribution in [0.1, 0.15) is 57.6 Å². The van der Waals surface area contributed by atoms with Gasteiger partial charge in [-0.15, -0.1) is 0 Å². The summed E-state index contributed by atoms with van der Waals surface area (Å²) >= 11 is 0. The summed E-state index contributed by atoms with van der Waals surface area (Å²) in [5.74, 6) is 1.12. The van der Waals surface area contributed by atoms with Gasteiger partial charge in [-0.1, -0.05) is 69.7 Å². The van der Waals surface area contributed by atoms with Gasteiger partial charge in [0.15, 0.2) is 0 Å². The standard InChI is InChI=1S/C31H30O2/c1-2-3-4-5-6-7-8-9-25-16-24-18-29-22(20-31(24)33-25)11-13-26-27(29)12-10-21-19-30-23(14-15-32-30)17-28(21)26/h10-20H,2-9H2,1H3. The number of furan rings is 2. The molecule has 0 aliphatic rings. The zero-order valence-electron chi connectivity index (χ0n) is 19.3. The Kier molecular flexibility index (Phi) is 5.30. The Morgan fingerprint density at radius 1 is 0.545 bits per heavy atom. The molecule has 2 heterocycles. The average molecular weight is 435 g/mol. The Morgan fingerprint density at radius 2 is 1.21 bits per heavy atom. The number of hydrogen-bond donors (Lipinski definition) is 0. The van der Waals surface area contributed by atoms with E-state index >= 15 is 0 Å². The highest BCUT2D eigenvalue weighted by Gasteiger charge is 2.10. The summed E-state index contributed by atoms with van der Waals surface area (Å²) < 4.78 is 11.8. The highest BCUT2D eigenvalue weighted by atomic mass is 16.3. The van der Waals surface area contributed by atoms with E-state index in [1.165, 1.54) is 82.6 Å². The maximum Gasteiger partial charge on any atom is 0.134 e. The van der Waals surface area contributed by atoms with Crippen molar-refractivity contribution in [2.24, 2.45) is 0 Å². The zero-order valence-corrected chi connectivity index (χ0v) is 19.3. The van der Waals surface area contributed by atoms with Gasteiger partial charge in [-0.3, -0.25) is 0 Å². The molecule has 2 heteroatoms. The molecule has 0 saturated carbocycles. The largest absolute Gasteiger partial charge is 0.464 e. The van der Waals surface area contributed by atoms with Gasteiger partial charge in [0.05, 0.1) is 6.26 Å². The first-order valence-corrected chi connectivity index (χ1v) is 12.5. The van der Waals surface area contributed by atoms with Crippen molar-refractivity contribution in [2.45, 2.75) is 58.3 Å². The molecule has 0 fully saturated rings. The highest BCUT2D eigenvalue weighted by Crippen LogP contribution is 2.36. The molecule has 2 aromatic heterocycles. The molecule has 166 valence electrons. The molecule has 0 unspecified atom stereocenters. The molecule has 0 N–H and O–H groups in total. The predicted molar refractivity (Wildman–Crippen MR) is 140 cm³/mol. The summed E-state index contributed by atoms with van der Waals surface area (Å²) in [6, 6.07) is 22.1. The molecule has 0 amide bonds. The van der Waals surface area contributed by atoms with Crippen LogP contribution in [0.4, 0.5) is 0 Å². The number of fused-ring (bicyclic) bond motifs is 7. The average Bonchev–Trinajstić information content (AvgIpc) is 3.46. The number of rotatable bonds is 8. The first-order chi connectivity index (χ1) is 16.3. The van der Waals surface area contributed by atoms with E-state index in [0.29, 0.717) is 0 Å². The summed E-state index contributed by atoms with van der Waals surface area (Å²) in [7, 11) is 0. The van der Waals surface area contributed by atoms with Gasteiger partial charge >= 0.3 is 0 Å². The van der Waals surface area contributed by atoms with Gasteiger partial charge in [0.2, 0.25) is 0 Å². The number of hydrogen-bond acceptors (Lipinski definition) is 2. The molecule has 0 spiro atoms. The highest BCUT2D eigenvalue weighted by molar-refractivity contribution is 6.20. The summed E-state index contributed by atoms with van der Waals surface area (Å²) in [6.45, 7) is 2.27. The molecular weight excluding hydrogens is 404 g/mol. The Labute approximate surface area is 194 Å². The fraction of sp³-hybridized carbons (Fsp3) is 0.290. The van der Waals surface area contributed by atoms with Gasteiger partial charge in [0.1, 0.15) is 16.9 Å². The molecule has 6 aromatic rings. The molecule has 0 atom stereocenters. The first kappa shape index (κ1) is 20.4. The number of unbranched alkanes of at least 4 members (excludes halogenated alkanes) is 6.